The van der Waals surface area contributed by atoms with Crippen molar-refractivity contribution in [2.75, 3.05) is 0 Å². The molecule has 1 saturated carbocycles. The molecule has 1 unspecified atom stereocenters. The highest BCUT2D eigenvalue weighted by Gasteiger charge is 2.34. The van der Waals surface area contributed by atoms with Gasteiger partial charge in [0.15, 0.2) is 0 Å². The van der Waals surface area contributed by atoms with Gasteiger partial charge in [0.25, 0.3) is 0 Å². The molecular formula is C12H22BNO2. The molecule has 0 saturated heterocycles. The first-order valence-electron chi connectivity index (χ1n) is 6.36. The lowest BCUT2D eigenvalue weighted by Gasteiger charge is -2.34. The predicted molar refractivity (Wildman–Crippen MR) is 64.5 cm³/mol. The Morgan fingerprint density at radius 2 is 1.94 bits per heavy atom. The molecule has 0 aromatic rings. The van der Waals surface area contributed by atoms with Crippen molar-refractivity contribution < 1.29 is 10.0 Å². The van der Waals surface area contributed by atoms with Crippen molar-refractivity contribution in [3.63, 3.8) is 0 Å². The molecule has 0 radical (unpaired) electrons. The van der Waals surface area contributed by atoms with Gasteiger partial charge in [-0.25, -0.2) is 0 Å². The topological polar surface area (TPSA) is 64.2 Å². The predicted octanol–water partition coefficient (Wildman–Crippen LogP) is 2.35. The molecule has 1 aliphatic carbocycles. The van der Waals surface area contributed by atoms with Crippen LogP contribution in [0, 0.1) is 22.7 Å². The van der Waals surface area contributed by atoms with Gasteiger partial charge in [0.05, 0.1) is 11.5 Å². The largest absolute Gasteiger partial charge is 0.451 e. The van der Waals surface area contributed by atoms with Gasteiger partial charge in [0.2, 0.25) is 0 Å². The van der Waals surface area contributed by atoms with Crippen molar-refractivity contribution >= 4 is 7.12 Å². The lowest BCUT2D eigenvalue weighted by molar-refractivity contribution is 0.183. The van der Waals surface area contributed by atoms with Crippen LogP contribution in [0.25, 0.3) is 0 Å². The van der Waals surface area contributed by atoms with Gasteiger partial charge in [-0.2, -0.15) is 5.26 Å². The lowest BCUT2D eigenvalue weighted by atomic mass is 9.67. The zero-order valence-electron chi connectivity index (χ0n) is 10.2. The zero-order valence-corrected chi connectivity index (χ0v) is 10.2. The van der Waals surface area contributed by atoms with Crippen molar-refractivity contribution in [1.82, 2.24) is 0 Å². The van der Waals surface area contributed by atoms with Crippen LogP contribution in [0.5, 0.6) is 0 Å². The first-order chi connectivity index (χ1) is 7.58. The van der Waals surface area contributed by atoms with Crippen LogP contribution < -0.4 is 0 Å². The van der Waals surface area contributed by atoms with Crippen LogP contribution in [-0.2, 0) is 0 Å². The Morgan fingerprint density at radius 3 is 2.44 bits per heavy atom. The highest BCUT2D eigenvalue weighted by Crippen LogP contribution is 2.41. The first kappa shape index (κ1) is 13.5. The molecule has 0 amide bonds. The quantitative estimate of drug-likeness (QED) is 0.703. The summed E-state index contributed by atoms with van der Waals surface area (Å²) in [6, 6.07) is 2.46. The minimum absolute atomic E-state index is 0.269. The Morgan fingerprint density at radius 1 is 1.31 bits per heavy atom. The molecule has 0 aliphatic heterocycles. The fourth-order valence-electron chi connectivity index (χ4n) is 2.74. The van der Waals surface area contributed by atoms with Crippen LogP contribution >= 0.6 is 0 Å². The van der Waals surface area contributed by atoms with Crippen molar-refractivity contribution in [3.8, 4) is 6.07 Å². The third kappa shape index (κ3) is 3.81. The maximum atomic E-state index is 9.33. The minimum Gasteiger partial charge on any atom is -0.427 e. The number of rotatable bonds is 5. The van der Waals surface area contributed by atoms with Gasteiger partial charge < -0.3 is 10.0 Å². The van der Waals surface area contributed by atoms with Crippen molar-refractivity contribution in [2.24, 2.45) is 11.3 Å². The smallest absolute Gasteiger partial charge is 0.427 e. The van der Waals surface area contributed by atoms with Gasteiger partial charge in [0, 0.05) is 0 Å². The van der Waals surface area contributed by atoms with Crippen molar-refractivity contribution in [3.05, 3.63) is 0 Å². The standard InChI is InChI=1S/C12H22BNO2/c1-12(10-14,8-5-9-13(15)16)11-6-3-2-4-7-11/h11,15-16H,2-9H2,1H3. The summed E-state index contributed by atoms with van der Waals surface area (Å²) in [5.41, 5.74) is -0.269. The summed E-state index contributed by atoms with van der Waals surface area (Å²) in [5, 5.41) is 26.9. The van der Waals surface area contributed by atoms with Crippen LogP contribution in [0.15, 0.2) is 0 Å². The Hall–Kier alpha value is -0.525. The SMILES string of the molecule is CC(C#N)(CCCB(O)O)C1CCCCC1. The second-order valence-electron chi connectivity index (χ2n) is 5.24. The second kappa shape index (κ2) is 6.27. The minimum atomic E-state index is -1.23. The summed E-state index contributed by atoms with van der Waals surface area (Å²) < 4.78 is 0. The van der Waals surface area contributed by atoms with E-state index in [0.717, 1.165) is 25.7 Å². The van der Waals surface area contributed by atoms with E-state index >= 15 is 0 Å². The Labute approximate surface area is 98.6 Å². The molecule has 1 fully saturated rings. The number of hydrogen-bond acceptors (Lipinski definition) is 3. The fourth-order valence-corrected chi connectivity index (χ4v) is 2.74. The molecule has 1 rings (SSSR count). The molecule has 0 aromatic carbocycles. The number of nitrogens with zero attached hydrogens (tertiary/aromatic N) is 1. The third-order valence-electron chi connectivity index (χ3n) is 3.92. The Balaban J connectivity index is 2.45. The molecule has 1 atom stereocenters. The normalized spacial score (nSPS) is 21.1. The Bertz CT molecular complexity index is 246. The van der Waals surface area contributed by atoms with Crippen LogP contribution in [-0.4, -0.2) is 17.2 Å². The molecule has 4 heteroatoms. The van der Waals surface area contributed by atoms with Crippen LogP contribution in [0.3, 0.4) is 0 Å². The summed E-state index contributed by atoms with van der Waals surface area (Å²) in [6.07, 6.45) is 7.98. The van der Waals surface area contributed by atoms with E-state index in [2.05, 4.69) is 6.07 Å². The van der Waals surface area contributed by atoms with Crippen LogP contribution in [0.2, 0.25) is 6.32 Å². The van der Waals surface area contributed by atoms with Crippen molar-refractivity contribution in [1.29, 1.82) is 5.26 Å². The van der Waals surface area contributed by atoms with Gasteiger partial charge in [-0.05, 0) is 38.4 Å². The molecular weight excluding hydrogens is 201 g/mol. The summed E-state index contributed by atoms with van der Waals surface area (Å²) >= 11 is 0. The first-order valence-corrected chi connectivity index (χ1v) is 6.36. The van der Waals surface area contributed by atoms with Crippen LogP contribution in [0.4, 0.5) is 0 Å². The average Bonchev–Trinajstić information content (AvgIpc) is 2.29. The monoisotopic (exact) mass is 223 g/mol. The van der Waals surface area contributed by atoms with Crippen molar-refractivity contribution in [2.45, 2.75) is 58.2 Å². The third-order valence-corrected chi connectivity index (χ3v) is 3.92. The summed E-state index contributed by atoms with van der Waals surface area (Å²) in [4.78, 5) is 0. The van der Waals surface area contributed by atoms with E-state index in [4.69, 9.17) is 10.0 Å². The molecule has 1 aliphatic rings. The highest BCUT2D eigenvalue weighted by atomic mass is 16.4. The molecule has 0 spiro atoms. The summed E-state index contributed by atoms with van der Waals surface area (Å²) in [6.45, 7) is 2.03. The fraction of sp³-hybridized carbons (Fsp3) is 0.917. The highest BCUT2D eigenvalue weighted by molar-refractivity contribution is 6.40. The van der Waals surface area contributed by atoms with Gasteiger partial charge in [-0.1, -0.05) is 25.7 Å². The molecule has 16 heavy (non-hydrogen) atoms. The number of hydrogen-bond donors (Lipinski definition) is 2. The van der Waals surface area contributed by atoms with E-state index in [-0.39, 0.29) is 5.41 Å². The van der Waals surface area contributed by atoms with Gasteiger partial charge in [0.1, 0.15) is 0 Å². The van der Waals surface area contributed by atoms with Gasteiger partial charge >= 0.3 is 7.12 Å². The average molecular weight is 223 g/mol. The molecule has 0 bridgehead atoms. The van der Waals surface area contributed by atoms with Crippen LogP contribution in [0.1, 0.15) is 51.9 Å². The van der Waals surface area contributed by atoms with E-state index in [0.29, 0.717) is 12.2 Å². The molecule has 0 aromatic heterocycles. The van der Waals surface area contributed by atoms with Gasteiger partial charge in [-0.15, -0.1) is 0 Å². The number of nitriles is 1. The maximum Gasteiger partial charge on any atom is 0.451 e. The van der Waals surface area contributed by atoms with E-state index in [1.807, 2.05) is 6.92 Å². The summed E-state index contributed by atoms with van der Waals surface area (Å²) in [7, 11) is -1.23. The van der Waals surface area contributed by atoms with E-state index in [1.165, 1.54) is 19.3 Å². The zero-order chi connectivity index (χ0) is 12.0. The second-order valence-corrected chi connectivity index (χ2v) is 5.24. The maximum absolute atomic E-state index is 9.33. The molecule has 3 nitrogen and oxygen atoms in total. The Kier molecular flexibility index (Phi) is 5.31. The lowest BCUT2D eigenvalue weighted by Crippen LogP contribution is -2.28. The van der Waals surface area contributed by atoms with E-state index in [9.17, 15) is 5.26 Å². The van der Waals surface area contributed by atoms with Gasteiger partial charge in [-0.3, -0.25) is 0 Å². The summed E-state index contributed by atoms with van der Waals surface area (Å²) in [5.74, 6) is 0.502. The molecule has 90 valence electrons. The van der Waals surface area contributed by atoms with E-state index < -0.39 is 7.12 Å². The van der Waals surface area contributed by atoms with E-state index in [1.54, 1.807) is 0 Å². The molecule has 0 heterocycles. The molecule has 2 N–H and O–H groups in total.